The minimum atomic E-state index is -0.615. The molecule has 2 atom stereocenters. The summed E-state index contributed by atoms with van der Waals surface area (Å²) in [5.74, 6) is -0.871. The molecule has 1 N–H and O–H groups in total. The minimum absolute atomic E-state index is 0.135. The summed E-state index contributed by atoms with van der Waals surface area (Å²) in [6.45, 7) is 3.42. The van der Waals surface area contributed by atoms with E-state index in [2.05, 4.69) is 10.3 Å². The molecule has 0 aliphatic carbocycles. The zero-order chi connectivity index (χ0) is 10.6. The average molecular weight is 209 g/mol. The summed E-state index contributed by atoms with van der Waals surface area (Å²) in [6, 6.07) is 1.75. The molecule has 1 rings (SSSR count). The second kappa shape index (κ2) is 4.72. The van der Waals surface area contributed by atoms with Crippen LogP contribution >= 0.6 is 11.3 Å². The molecule has 1 aromatic heterocycles. The van der Waals surface area contributed by atoms with Crippen molar-refractivity contribution in [1.82, 2.24) is 10.3 Å². The summed E-state index contributed by atoms with van der Waals surface area (Å²) in [7, 11) is 0. The fourth-order valence-corrected chi connectivity index (χ4v) is 1.55. The molecule has 0 aliphatic rings. The highest BCUT2D eigenvalue weighted by atomic mass is 32.1. The lowest BCUT2D eigenvalue weighted by molar-refractivity contribution is -0.123. The Labute approximate surface area is 86.6 Å². The number of carbonyl (C=O) groups excluding carboxylic acids is 1. The molecule has 0 spiro atoms. The Morgan fingerprint density at radius 3 is 2.93 bits per heavy atom. The van der Waals surface area contributed by atoms with Gasteiger partial charge in [0.25, 0.3) is 0 Å². The van der Waals surface area contributed by atoms with Gasteiger partial charge >= 0.3 is 0 Å². The Bertz CT molecular complexity index is 341. The molecule has 2 unspecified atom stereocenters. The molecule has 0 saturated heterocycles. The number of amides is 1. The Morgan fingerprint density at radius 1 is 1.71 bits per heavy atom. The van der Waals surface area contributed by atoms with Crippen LogP contribution in [0.3, 0.4) is 0 Å². The normalized spacial score (nSPS) is 14.1. The first-order valence-electron chi connectivity index (χ1n) is 4.23. The number of nitrogens with zero attached hydrogens (tertiary/aromatic N) is 2. The van der Waals surface area contributed by atoms with E-state index in [1.54, 1.807) is 12.4 Å². The van der Waals surface area contributed by atoms with Crippen LogP contribution in [-0.4, -0.2) is 10.9 Å². The molecular formula is C9H11N3OS. The molecule has 0 bridgehead atoms. The highest BCUT2D eigenvalue weighted by molar-refractivity contribution is 7.07. The third-order valence-electron chi connectivity index (χ3n) is 1.84. The summed E-state index contributed by atoms with van der Waals surface area (Å²) in [5, 5.41) is 13.1. The molecule has 0 saturated carbocycles. The van der Waals surface area contributed by atoms with Crippen molar-refractivity contribution in [2.24, 2.45) is 5.92 Å². The van der Waals surface area contributed by atoms with E-state index >= 15 is 0 Å². The van der Waals surface area contributed by atoms with Gasteiger partial charge in [0.15, 0.2) is 0 Å². The number of aromatic nitrogens is 1. The SMILES string of the molecule is CC(C#N)C(=O)NC(C)c1cscn1. The number of nitrogens with one attached hydrogen (secondary N) is 1. The maximum atomic E-state index is 11.3. The number of thiazole rings is 1. The van der Waals surface area contributed by atoms with Crippen LogP contribution in [0.1, 0.15) is 25.6 Å². The van der Waals surface area contributed by atoms with Crippen LogP contribution in [0.25, 0.3) is 0 Å². The molecule has 1 heterocycles. The fourth-order valence-electron chi connectivity index (χ4n) is 0.907. The first-order valence-corrected chi connectivity index (χ1v) is 5.17. The van der Waals surface area contributed by atoms with E-state index in [-0.39, 0.29) is 11.9 Å². The maximum absolute atomic E-state index is 11.3. The topological polar surface area (TPSA) is 65.8 Å². The molecule has 0 radical (unpaired) electrons. The largest absolute Gasteiger partial charge is 0.347 e. The first-order chi connectivity index (χ1) is 6.65. The quantitative estimate of drug-likeness (QED) is 0.820. The van der Waals surface area contributed by atoms with Gasteiger partial charge in [-0.3, -0.25) is 4.79 Å². The van der Waals surface area contributed by atoms with E-state index in [1.807, 2.05) is 18.4 Å². The third-order valence-corrected chi connectivity index (χ3v) is 2.45. The van der Waals surface area contributed by atoms with Gasteiger partial charge in [-0.2, -0.15) is 5.26 Å². The van der Waals surface area contributed by atoms with Gasteiger partial charge in [0.1, 0.15) is 5.92 Å². The monoisotopic (exact) mass is 209 g/mol. The molecule has 4 nitrogen and oxygen atoms in total. The van der Waals surface area contributed by atoms with Crippen LogP contribution in [0.5, 0.6) is 0 Å². The van der Waals surface area contributed by atoms with Gasteiger partial charge in [0, 0.05) is 5.38 Å². The van der Waals surface area contributed by atoms with E-state index in [0.717, 1.165) is 5.69 Å². The predicted octanol–water partition coefficient (Wildman–Crippen LogP) is 1.48. The van der Waals surface area contributed by atoms with Crippen LogP contribution in [0.15, 0.2) is 10.9 Å². The maximum Gasteiger partial charge on any atom is 0.237 e. The Hall–Kier alpha value is -1.41. The zero-order valence-corrected chi connectivity index (χ0v) is 8.84. The second-order valence-electron chi connectivity index (χ2n) is 2.99. The molecular weight excluding hydrogens is 198 g/mol. The first kappa shape index (κ1) is 10.7. The summed E-state index contributed by atoms with van der Waals surface area (Å²) in [5.41, 5.74) is 2.54. The van der Waals surface area contributed by atoms with Crippen molar-refractivity contribution in [2.45, 2.75) is 19.9 Å². The predicted molar refractivity (Wildman–Crippen MR) is 53.4 cm³/mol. The van der Waals surface area contributed by atoms with Crippen molar-refractivity contribution in [2.75, 3.05) is 0 Å². The van der Waals surface area contributed by atoms with Gasteiger partial charge in [-0.15, -0.1) is 11.3 Å². The highest BCUT2D eigenvalue weighted by Gasteiger charge is 2.15. The summed E-state index contributed by atoms with van der Waals surface area (Å²) < 4.78 is 0. The number of rotatable bonds is 3. The lowest BCUT2D eigenvalue weighted by atomic mass is 10.1. The number of hydrogen-bond donors (Lipinski definition) is 1. The van der Waals surface area contributed by atoms with Crippen LogP contribution in [0.4, 0.5) is 0 Å². The van der Waals surface area contributed by atoms with Gasteiger partial charge in [-0.25, -0.2) is 4.98 Å². The minimum Gasteiger partial charge on any atom is -0.347 e. The van der Waals surface area contributed by atoms with E-state index < -0.39 is 5.92 Å². The van der Waals surface area contributed by atoms with Crippen molar-refractivity contribution in [3.63, 3.8) is 0 Å². The van der Waals surface area contributed by atoms with E-state index in [0.29, 0.717) is 0 Å². The van der Waals surface area contributed by atoms with Crippen molar-refractivity contribution in [1.29, 1.82) is 5.26 Å². The van der Waals surface area contributed by atoms with Crippen molar-refractivity contribution >= 4 is 17.2 Å². The second-order valence-corrected chi connectivity index (χ2v) is 3.71. The van der Waals surface area contributed by atoms with Crippen LogP contribution < -0.4 is 5.32 Å². The van der Waals surface area contributed by atoms with E-state index in [4.69, 9.17) is 5.26 Å². The summed E-state index contributed by atoms with van der Waals surface area (Å²) >= 11 is 1.48. The third kappa shape index (κ3) is 2.54. The van der Waals surface area contributed by atoms with Crippen molar-refractivity contribution < 1.29 is 4.79 Å². The van der Waals surface area contributed by atoms with Gasteiger partial charge in [0.2, 0.25) is 5.91 Å². The van der Waals surface area contributed by atoms with Gasteiger partial charge in [0.05, 0.1) is 23.3 Å². The Kier molecular flexibility index (Phi) is 3.60. The smallest absolute Gasteiger partial charge is 0.237 e. The lowest BCUT2D eigenvalue weighted by Crippen LogP contribution is -2.31. The van der Waals surface area contributed by atoms with Crippen LogP contribution in [0.2, 0.25) is 0 Å². The van der Waals surface area contributed by atoms with Crippen LogP contribution in [0, 0.1) is 17.2 Å². The number of carbonyl (C=O) groups is 1. The van der Waals surface area contributed by atoms with E-state index in [1.165, 1.54) is 11.3 Å². The van der Waals surface area contributed by atoms with Gasteiger partial charge < -0.3 is 5.32 Å². The highest BCUT2D eigenvalue weighted by Crippen LogP contribution is 2.12. The fraction of sp³-hybridized carbons (Fsp3) is 0.444. The van der Waals surface area contributed by atoms with Gasteiger partial charge in [-0.05, 0) is 13.8 Å². The molecule has 0 fully saturated rings. The molecule has 74 valence electrons. The Morgan fingerprint density at radius 2 is 2.43 bits per heavy atom. The van der Waals surface area contributed by atoms with Gasteiger partial charge in [-0.1, -0.05) is 0 Å². The average Bonchev–Trinajstić information content (AvgIpc) is 2.69. The lowest BCUT2D eigenvalue weighted by Gasteiger charge is -2.12. The molecule has 14 heavy (non-hydrogen) atoms. The summed E-state index contributed by atoms with van der Waals surface area (Å²) in [4.78, 5) is 15.4. The van der Waals surface area contributed by atoms with E-state index in [9.17, 15) is 4.79 Å². The zero-order valence-electron chi connectivity index (χ0n) is 8.02. The van der Waals surface area contributed by atoms with Crippen LogP contribution in [-0.2, 0) is 4.79 Å². The molecule has 0 aromatic carbocycles. The number of hydrogen-bond acceptors (Lipinski definition) is 4. The van der Waals surface area contributed by atoms with Crippen molar-refractivity contribution in [3.8, 4) is 6.07 Å². The standard InChI is InChI=1S/C9H11N3OS/c1-6(3-10)9(13)12-7(2)8-4-14-5-11-8/h4-7H,1-2H3,(H,12,13). The number of nitriles is 1. The molecule has 1 amide bonds. The van der Waals surface area contributed by atoms with Crippen molar-refractivity contribution in [3.05, 3.63) is 16.6 Å². The molecule has 1 aromatic rings. The summed E-state index contributed by atoms with van der Waals surface area (Å²) in [6.07, 6.45) is 0. The Balaban J connectivity index is 2.54. The molecule has 0 aliphatic heterocycles. The molecule has 5 heteroatoms.